The Morgan fingerprint density at radius 1 is 1.38 bits per heavy atom. The molecule has 0 saturated heterocycles. The third-order valence-corrected chi connectivity index (χ3v) is 3.42. The van der Waals surface area contributed by atoms with Crippen LogP contribution in [0.2, 0.25) is 0 Å². The van der Waals surface area contributed by atoms with E-state index in [1.54, 1.807) is 6.92 Å². The van der Waals surface area contributed by atoms with E-state index in [0.29, 0.717) is 10.8 Å². The van der Waals surface area contributed by atoms with Crippen LogP contribution in [0.3, 0.4) is 0 Å². The third-order valence-electron chi connectivity index (χ3n) is 3.42. The summed E-state index contributed by atoms with van der Waals surface area (Å²) in [5.41, 5.74) is 0.904. The van der Waals surface area contributed by atoms with Crippen molar-refractivity contribution in [2.24, 2.45) is 10.8 Å². The fraction of sp³-hybridized carbons (Fsp3) is 0.909. The van der Waals surface area contributed by atoms with Crippen molar-refractivity contribution in [3.63, 3.8) is 0 Å². The van der Waals surface area contributed by atoms with Crippen LogP contribution in [0.5, 0.6) is 0 Å². The van der Waals surface area contributed by atoms with Gasteiger partial charge in [0, 0.05) is 13.5 Å². The number of hydrogen-bond donors (Lipinski definition) is 1. The van der Waals surface area contributed by atoms with Crippen LogP contribution in [0.15, 0.2) is 0 Å². The van der Waals surface area contributed by atoms with E-state index in [1.165, 1.54) is 12.8 Å². The highest BCUT2D eigenvalue weighted by Gasteiger charge is 2.50. The Balaban J connectivity index is 2.32. The predicted molar refractivity (Wildman–Crippen MR) is 54.4 cm³/mol. The summed E-state index contributed by atoms with van der Waals surface area (Å²) in [6, 6.07) is 0. The SMILES string of the molecule is CC(=O)NCCC1(C(C)(C)C)CC1. The first-order valence-electron chi connectivity index (χ1n) is 5.12. The highest BCUT2D eigenvalue weighted by Crippen LogP contribution is 2.60. The van der Waals surface area contributed by atoms with Crippen LogP contribution in [0.4, 0.5) is 0 Å². The van der Waals surface area contributed by atoms with Gasteiger partial charge >= 0.3 is 0 Å². The highest BCUT2D eigenvalue weighted by atomic mass is 16.1. The molecule has 0 radical (unpaired) electrons. The normalized spacial score (nSPS) is 19.7. The van der Waals surface area contributed by atoms with Crippen LogP contribution in [0.1, 0.15) is 47.0 Å². The average Bonchev–Trinajstić information content (AvgIpc) is 2.65. The lowest BCUT2D eigenvalue weighted by atomic mass is 9.75. The first-order chi connectivity index (χ1) is 5.87. The van der Waals surface area contributed by atoms with Crippen LogP contribution < -0.4 is 5.32 Å². The zero-order valence-corrected chi connectivity index (χ0v) is 9.24. The minimum atomic E-state index is 0.0877. The van der Waals surface area contributed by atoms with Crippen molar-refractivity contribution in [1.29, 1.82) is 0 Å². The second-order valence-corrected chi connectivity index (χ2v) is 5.26. The summed E-state index contributed by atoms with van der Waals surface area (Å²) in [6.07, 6.45) is 3.79. The number of hydrogen-bond acceptors (Lipinski definition) is 1. The standard InChI is InChI=1S/C11H21NO/c1-9(13)12-8-7-11(5-6-11)10(2,3)4/h5-8H2,1-4H3,(H,12,13). The van der Waals surface area contributed by atoms with Crippen molar-refractivity contribution in [2.45, 2.75) is 47.0 Å². The van der Waals surface area contributed by atoms with Crippen LogP contribution in [0, 0.1) is 10.8 Å². The zero-order valence-electron chi connectivity index (χ0n) is 9.24. The number of rotatable bonds is 3. The van der Waals surface area contributed by atoms with E-state index >= 15 is 0 Å². The molecule has 1 fully saturated rings. The molecule has 1 aliphatic rings. The van der Waals surface area contributed by atoms with Gasteiger partial charge in [0.25, 0.3) is 0 Å². The molecule has 0 aromatic heterocycles. The lowest BCUT2D eigenvalue weighted by molar-refractivity contribution is -0.119. The monoisotopic (exact) mass is 183 g/mol. The molecule has 1 aliphatic carbocycles. The van der Waals surface area contributed by atoms with Crippen molar-refractivity contribution in [3.8, 4) is 0 Å². The molecule has 1 saturated carbocycles. The quantitative estimate of drug-likeness (QED) is 0.715. The van der Waals surface area contributed by atoms with Crippen molar-refractivity contribution in [3.05, 3.63) is 0 Å². The maximum atomic E-state index is 10.7. The number of amides is 1. The smallest absolute Gasteiger partial charge is 0.216 e. The van der Waals surface area contributed by atoms with Gasteiger partial charge in [-0.2, -0.15) is 0 Å². The van der Waals surface area contributed by atoms with Crippen LogP contribution in [-0.2, 0) is 4.79 Å². The van der Waals surface area contributed by atoms with E-state index in [0.717, 1.165) is 13.0 Å². The fourth-order valence-electron chi connectivity index (χ4n) is 2.00. The maximum absolute atomic E-state index is 10.7. The second-order valence-electron chi connectivity index (χ2n) is 5.26. The lowest BCUT2D eigenvalue weighted by Gasteiger charge is -2.30. The minimum absolute atomic E-state index is 0.0877. The van der Waals surface area contributed by atoms with Crippen LogP contribution in [-0.4, -0.2) is 12.5 Å². The fourth-order valence-corrected chi connectivity index (χ4v) is 2.00. The molecular weight excluding hydrogens is 162 g/mol. The summed E-state index contributed by atoms with van der Waals surface area (Å²) < 4.78 is 0. The van der Waals surface area contributed by atoms with Gasteiger partial charge in [-0.1, -0.05) is 20.8 Å². The molecule has 0 aliphatic heterocycles. The molecule has 0 bridgehead atoms. The van der Waals surface area contributed by atoms with Gasteiger partial charge in [0.2, 0.25) is 5.91 Å². The molecule has 0 aromatic rings. The van der Waals surface area contributed by atoms with E-state index in [2.05, 4.69) is 26.1 Å². The molecule has 2 nitrogen and oxygen atoms in total. The minimum Gasteiger partial charge on any atom is -0.356 e. The van der Waals surface area contributed by atoms with Gasteiger partial charge in [-0.25, -0.2) is 0 Å². The summed E-state index contributed by atoms with van der Waals surface area (Å²) in [5, 5.41) is 2.87. The van der Waals surface area contributed by atoms with Crippen LogP contribution in [0.25, 0.3) is 0 Å². The Morgan fingerprint density at radius 2 is 1.92 bits per heavy atom. The largest absolute Gasteiger partial charge is 0.356 e. The lowest BCUT2D eigenvalue weighted by Crippen LogP contribution is -2.29. The molecule has 1 N–H and O–H groups in total. The van der Waals surface area contributed by atoms with E-state index < -0.39 is 0 Å². The summed E-state index contributed by atoms with van der Waals surface area (Å²) in [4.78, 5) is 10.7. The molecule has 13 heavy (non-hydrogen) atoms. The topological polar surface area (TPSA) is 29.1 Å². The maximum Gasteiger partial charge on any atom is 0.216 e. The van der Waals surface area contributed by atoms with E-state index in [1.807, 2.05) is 0 Å². The molecule has 0 aromatic carbocycles. The van der Waals surface area contributed by atoms with Gasteiger partial charge in [-0.05, 0) is 30.1 Å². The molecule has 2 heteroatoms. The molecule has 1 rings (SSSR count). The van der Waals surface area contributed by atoms with E-state index in [9.17, 15) is 4.79 Å². The number of nitrogens with one attached hydrogen (secondary N) is 1. The third kappa shape index (κ3) is 2.45. The van der Waals surface area contributed by atoms with Gasteiger partial charge in [0.05, 0.1) is 0 Å². The van der Waals surface area contributed by atoms with Gasteiger partial charge < -0.3 is 5.32 Å². The van der Waals surface area contributed by atoms with Gasteiger partial charge in [-0.15, -0.1) is 0 Å². The van der Waals surface area contributed by atoms with Crippen molar-refractivity contribution in [1.82, 2.24) is 5.32 Å². The molecular formula is C11H21NO. The predicted octanol–water partition coefficient (Wildman–Crippen LogP) is 2.34. The van der Waals surface area contributed by atoms with Gasteiger partial charge in [0.15, 0.2) is 0 Å². The highest BCUT2D eigenvalue weighted by molar-refractivity contribution is 5.72. The molecule has 0 heterocycles. The van der Waals surface area contributed by atoms with Gasteiger partial charge in [0.1, 0.15) is 0 Å². The average molecular weight is 183 g/mol. The molecule has 1 amide bonds. The van der Waals surface area contributed by atoms with E-state index in [4.69, 9.17) is 0 Å². The summed E-state index contributed by atoms with van der Waals surface area (Å²) in [6.45, 7) is 9.32. The first kappa shape index (κ1) is 10.6. The van der Waals surface area contributed by atoms with Gasteiger partial charge in [-0.3, -0.25) is 4.79 Å². The Morgan fingerprint density at radius 3 is 2.23 bits per heavy atom. The molecule has 76 valence electrons. The second kappa shape index (κ2) is 3.32. The van der Waals surface area contributed by atoms with Crippen molar-refractivity contribution in [2.75, 3.05) is 6.54 Å². The summed E-state index contributed by atoms with van der Waals surface area (Å²) in [7, 11) is 0. The summed E-state index contributed by atoms with van der Waals surface area (Å²) in [5.74, 6) is 0.0877. The first-order valence-corrected chi connectivity index (χ1v) is 5.12. The summed E-state index contributed by atoms with van der Waals surface area (Å²) >= 11 is 0. The number of carbonyl (C=O) groups is 1. The molecule has 0 atom stereocenters. The molecule has 0 unspecified atom stereocenters. The van der Waals surface area contributed by atoms with Crippen molar-refractivity contribution < 1.29 is 4.79 Å². The zero-order chi connectivity index (χ0) is 10.1. The Kier molecular flexibility index (Phi) is 2.69. The Hall–Kier alpha value is -0.530. The number of carbonyl (C=O) groups excluding carboxylic acids is 1. The van der Waals surface area contributed by atoms with Crippen LogP contribution >= 0.6 is 0 Å². The molecule has 0 spiro atoms. The Bertz CT molecular complexity index is 199. The van der Waals surface area contributed by atoms with E-state index in [-0.39, 0.29) is 5.91 Å². The Labute approximate surface area is 81.1 Å². The van der Waals surface area contributed by atoms with Crippen molar-refractivity contribution >= 4 is 5.91 Å².